The van der Waals surface area contributed by atoms with E-state index in [-0.39, 0.29) is 15.8 Å². The summed E-state index contributed by atoms with van der Waals surface area (Å²) in [5.41, 5.74) is 0.871. The van der Waals surface area contributed by atoms with Gasteiger partial charge in [-0.15, -0.1) is 0 Å². The molecule has 19 heavy (non-hydrogen) atoms. The third-order valence-corrected chi connectivity index (χ3v) is 4.22. The van der Waals surface area contributed by atoms with Gasteiger partial charge in [0.25, 0.3) is 0 Å². The van der Waals surface area contributed by atoms with E-state index in [0.29, 0.717) is 12.1 Å². The maximum absolute atomic E-state index is 9.53. The zero-order valence-electron chi connectivity index (χ0n) is 11.3. The first-order chi connectivity index (χ1) is 8.97. The summed E-state index contributed by atoms with van der Waals surface area (Å²) in [6.45, 7) is 6.67. The number of hydrogen-bond acceptors (Lipinski definition) is 3. The van der Waals surface area contributed by atoms with E-state index in [1.807, 2.05) is 0 Å². The third kappa shape index (κ3) is 3.68. The number of rotatable bonds is 3. The molecule has 1 fully saturated rings. The van der Waals surface area contributed by atoms with Gasteiger partial charge < -0.3 is 15.3 Å². The van der Waals surface area contributed by atoms with Gasteiger partial charge >= 0.3 is 0 Å². The van der Waals surface area contributed by atoms with Crippen LogP contribution in [-0.2, 0) is 0 Å². The molecular weight excluding hydrogens is 283 g/mol. The molecule has 0 radical (unpaired) electrons. The van der Waals surface area contributed by atoms with Crippen LogP contribution in [-0.4, -0.2) is 35.2 Å². The van der Waals surface area contributed by atoms with Gasteiger partial charge in [-0.2, -0.15) is 0 Å². The molecule has 0 aliphatic carbocycles. The Hall–Kier alpha value is -0.640. The van der Waals surface area contributed by atoms with Crippen LogP contribution in [0.15, 0.2) is 12.1 Å². The number of piperidine rings is 1. The fourth-order valence-corrected chi connectivity index (χ4v) is 2.93. The van der Waals surface area contributed by atoms with Crippen LogP contribution in [0.2, 0.25) is 10.0 Å². The fraction of sp³-hybridized carbons (Fsp3) is 0.571. The quantitative estimate of drug-likeness (QED) is 0.829. The molecule has 1 aromatic rings. The number of nitrogens with zero attached hydrogens (tertiary/aromatic N) is 1. The van der Waals surface area contributed by atoms with Crippen molar-refractivity contribution >= 4 is 28.9 Å². The average Bonchev–Trinajstić information content (AvgIpc) is 2.36. The summed E-state index contributed by atoms with van der Waals surface area (Å²) in [6, 6.07) is 4.49. The molecule has 0 bridgehead atoms. The van der Waals surface area contributed by atoms with E-state index in [1.54, 1.807) is 12.1 Å². The molecular formula is C14H20Cl2N2O. The highest BCUT2D eigenvalue weighted by Gasteiger charge is 2.21. The maximum Gasteiger partial charge on any atom is 0.152 e. The molecule has 1 saturated heterocycles. The van der Waals surface area contributed by atoms with Crippen molar-refractivity contribution in [2.45, 2.75) is 38.8 Å². The van der Waals surface area contributed by atoms with E-state index < -0.39 is 0 Å². The summed E-state index contributed by atoms with van der Waals surface area (Å²) < 4.78 is 0. The third-order valence-electron chi connectivity index (χ3n) is 3.65. The van der Waals surface area contributed by atoms with Gasteiger partial charge in [0.05, 0.1) is 10.0 Å². The second-order valence-corrected chi connectivity index (χ2v) is 6.15. The molecule has 2 N–H and O–H groups in total. The van der Waals surface area contributed by atoms with Crippen molar-refractivity contribution < 1.29 is 5.11 Å². The molecule has 0 unspecified atom stereocenters. The van der Waals surface area contributed by atoms with Gasteiger partial charge in [-0.25, -0.2) is 0 Å². The highest BCUT2D eigenvalue weighted by atomic mass is 35.5. The van der Waals surface area contributed by atoms with E-state index >= 15 is 0 Å². The minimum Gasteiger partial charge on any atom is -0.505 e. The Labute approximate surface area is 124 Å². The number of nitrogens with one attached hydrogen (secondary N) is 1. The lowest BCUT2D eigenvalue weighted by Gasteiger charge is -2.35. The molecule has 1 aromatic carbocycles. The summed E-state index contributed by atoms with van der Waals surface area (Å²) in [5.74, 6) is -0.0523. The van der Waals surface area contributed by atoms with Crippen molar-refractivity contribution in [1.82, 2.24) is 4.90 Å². The van der Waals surface area contributed by atoms with E-state index in [9.17, 15) is 5.11 Å². The molecule has 0 aromatic heterocycles. The molecule has 0 amide bonds. The number of benzene rings is 1. The van der Waals surface area contributed by atoms with Crippen LogP contribution < -0.4 is 5.32 Å². The van der Waals surface area contributed by atoms with E-state index in [0.717, 1.165) is 31.6 Å². The largest absolute Gasteiger partial charge is 0.505 e. The van der Waals surface area contributed by atoms with E-state index in [2.05, 4.69) is 24.1 Å². The highest BCUT2D eigenvalue weighted by molar-refractivity contribution is 6.37. The minimum atomic E-state index is -0.0523. The summed E-state index contributed by atoms with van der Waals surface area (Å²) in [6.07, 6.45) is 2.21. The molecule has 106 valence electrons. The fourth-order valence-electron chi connectivity index (χ4n) is 2.44. The molecule has 1 aliphatic heterocycles. The molecule has 2 rings (SSSR count). The molecule has 0 spiro atoms. The summed E-state index contributed by atoms with van der Waals surface area (Å²) in [4.78, 5) is 2.48. The Morgan fingerprint density at radius 1 is 1.21 bits per heavy atom. The van der Waals surface area contributed by atoms with Crippen LogP contribution in [0, 0.1) is 0 Å². The van der Waals surface area contributed by atoms with Crippen LogP contribution in [0.3, 0.4) is 0 Å². The predicted molar refractivity (Wildman–Crippen MR) is 81.5 cm³/mol. The zero-order chi connectivity index (χ0) is 14.0. The molecule has 5 heteroatoms. The Bertz CT molecular complexity index is 420. The van der Waals surface area contributed by atoms with Gasteiger partial charge in [0, 0.05) is 30.9 Å². The molecule has 1 heterocycles. The number of likely N-dealkylation sites (tertiary alicyclic amines) is 1. The average molecular weight is 303 g/mol. The zero-order valence-corrected chi connectivity index (χ0v) is 12.8. The van der Waals surface area contributed by atoms with Crippen molar-refractivity contribution in [1.29, 1.82) is 0 Å². The number of halogens is 2. The summed E-state index contributed by atoms with van der Waals surface area (Å²) >= 11 is 11.8. The van der Waals surface area contributed by atoms with E-state index in [4.69, 9.17) is 23.2 Å². The van der Waals surface area contributed by atoms with Crippen molar-refractivity contribution in [3.8, 4) is 5.75 Å². The van der Waals surface area contributed by atoms with Crippen LogP contribution in [0.25, 0.3) is 0 Å². The van der Waals surface area contributed by atoms with Crippen LogP contribution in [0.1, 0.15) is 26.7 Å². The smallest absolute Gasteiger partial charge is 0.152 e. The van der Waals surface area contributed by atoms with Crippen LogP contribution >= 0.6 is 23.2 Å². The van der Waals surface area contributed by atoms with Gasteiger partial charge in [-0.05, 0) is 38.8 Å². The Morgan fingerprint density at radius 3 is 2.21 bits per heavy atom. The molecule has 3 nitrogen and oxygen atoms in total. The normalized spacial score (nSPS) is 17.9. The lowest BCUT2D eigenvalue weighted by Crippen LogP contribution is -2.42. The van der Waals surface area contributed by atoms with E-state index in [1.165, 1.54) is 0 Å². The minimum absolute atomic E-state index is 0.0523. The lowest BCUT2D eigenvalue weighted by atomic mass is 10.0. The van der Waals surface area contributed by atoms with Gasteiger partial charge in [0.15, 0.2) is 5.75 Å². The van der Waals surface area contributed by atoms with Crippen LogP contribution in [0.5, 0.6) is 5.75 Å². The second kappa shape index (κ2) is 6.21. The van der Waals surface area contributed by atoms with Gasteiger partial charge in [-0.1, -0.05) is 23.2 Å². The molecule has 0 saturated carbocycles. The molecule has 0 atom stereocenters. The monoisotopic (exact) mass is 302 g/mol. The standard InChI is InChI=1S/C14H20Cl2N2O/c1-9(2)18-5-3-10(4-6-18)17-11-7-12(15)14(19)13(16)8-11/h7-10,17,19H,3-6H2,1-2H3. The van der Waals surface area contributed by atoms with Gasteiger partial charge in [-0.3, -0.25) is 0 Å². The Balaban J connectivity index is 1.96. The summed E-state index contributed by atoms with van der Waals surface area (Å²) in [5, 5.41) is 13.5. The number of hydrogen-bond donors (Lipinski definition) is 2. The predicted octanol–water partition coefficient (Wildman–Crippen LogP) is 3.98. The number of anilines is 1. The lowest BCUT2D eigenvalue weighted by molar-refractivity contribution is 0.177. The topological polar surface area (TPSA) is 35.5 Å². The summed E-state index contributed by atoms with van der Waals surface area (Å²) in [7, 11) is 0. The van der Waals surface area contributed by atoms with Crippen LogP contribution in [0.4, 0.5) is 5.69 Å². The van der Waals surface area contributed by atoms with Crippen molar-refractivity contribution in [2.24, 2.45) is 0 Å². The Morgan fingerprint density at radius 2 is 1.74 bits per heavy atom. The molecule has 1 aliphatic rings. The second-order valence-electron chi connectivity index (χ2n) is 5.34. The van der Waals surface area contributed by atoms with Gasteiger partial charge in [0.1, 0.15) is 0 Å². The van der Waals surface area contributed by atoms with Crippen molar-refractivity contribution in [2.75, 3.05) is 18.4 Å². The maximum atomic E-state index is 9.53. The first-order valence-electron chi connectivity index (χ1n) is 6.66. The Kier molecular flexibility index (Phi) is 4.82. The highest BCUT2D eigenvalue weighted by Crippen LogP contribution is 2.35. The first kappa shape index (κ1) is 14.8. The first-order valence-corrected chi connectivity index (χ1v) is 7.41. The van der Waals surface area contributed by atoms with Gasteiger partial charge in [0.2, 0.25) is 0 Å². The number of aromatic hydroxyl groups is 1. The van der Waals surface area contributed by atoms with Crippen molar-refractivity contribution in [3.63, 3.8) is 0 Å². The van der Waals surface area contributed by atoms with Crippen molar-refractivity contribution in [3.05, 3.63) is 22.2 Å². The number of phenols is 1. The number of phenolic OH excluding ortho intramolecular Hbond substituents is 1. The SMILES string of the molecule is CC(C)N1CCC(Nc2cc(Cl)c(O)c(Cl)c2)CC1.